The van der Waals surface area contributed by atoms with Crippen molar-refractivity contribution in [3.05, 3.63) is 41.1 Å². The number of primary sulfonamides is 1. The fourth-order valence-electron chi connectivity index (χ4n) is 1.81. The molecule has 0 saturated heterocycles. The van der Waals surface area contributed by atoms with E-state index in [0.717, 1.165) is 6.08 Å². The third kappa shape index (κ3) is 1.83. The molecule has 7 heteroatoms. The second-order valence-corrected chi connectivity index (χ2v) is 5.25. The van der Waals surface area contributed by atoms with Crippen molar-refractivity contribution in [3.8, 4) is 0 Å². The minimum atomic E-state index is -4.05. The van der Waals surface area contributed by atoms with E-state index in [1.807, 2.05) is 0 Å². The molecule has 0 amide bonds. The first-order valence-corrected chi connectivity index (χ1v) is 6.55. The summed E-state index contributed by atoms with van der Waals surface area (Å²) in [5.74, 6) is -0.990. The average molecular weight is 266 g/mol. The number of fused-ring (bicyclic) bond motifs is 1. The van der Waals surface area contributed by atoms with Gasteiger partial charge in [-0.05, 0) is 6.07 Å². The molecule has 0 unspecified atom stereocenters. The van der Waals surface area contributed by atoms with Crippen LogP contribution < -0.4 is 10.5 Å². The molecule has 0 bridgehead atoms. The third-order valence-electron chi connectivity index (χ3n) is 2.61. The van der Waals surface area contributed by atoms with Gasteiger partial charge in [-0.15, -0.1) is 0 Å². The number of hydrogen-bond acceptors (Lipinski definition) is 5. The summed E-state index contributed by atoms with van der Waals surface area (Å²) in [4.78, 5) is 23.5. The number of nitrogens with one attached hydrogen (secondary N) is 1. The van der Waals surface area contributed by atoms with Crippen LogP contribution in [0.25, 0.3) is 0 Å². The molecule has 0 heterocycles. The van der Waals surface area contributed by atoms with Gasteiger partial charge in [0.1, 0.15) is 0 Å². The molecule has 0 spiro atoms. The molecule has 18 heavy (non-hydrogen) atoms. The van der Waals surface area contributed by atoms with E-state index < -0.39 is 21.6 Å². The van der Waals surface area contributed by atoms with E-state index in [0.29, 0.717) is 0 Å². The second kappa shape index (κ2) is 4.04. The number of nitrogens with two attached hydrogens (primary N) is 1. The summed E-state index contributed by atoms with van der Waals surface area (Å²) in [5, 5.41) is 7.62. The first-order valence-electron chi connectivity index (χ1n) is 5.00. The van der Waals surface area contributed by atoms with Crippen LogP contribution in [-0.4, -0.2) is 27.0 Å². The molecule has 1 aliphatic rings. The summed E-state index contributed by atoms with van der Waals surface area (Å²) in [6.07, 6.45) is 1.07. The van der Waals surface area contributed by atoms with Crippen LogP contribution in [0.1, 0.15) is 20.7 Å². The van der Waals surface area contributed by atoms with Gasteiger partial charge >= 0.3 is 0 Å². The van der Waals surface area contributed by atoms with Gasteiger partial charge in [0, 0.05) is 18.7 Å². The van der Waals surface area contributed by atoms with Crippen molar-refractivity contribution < 1.29 is 18.0 Å². The summed E-state index contributed by atoms with van der Waals surface area (Å²) in [5.41, 5.74) is 0.00134. The Hall–Kier alpha value is -1.99. The van der Waals surface area contributed by atoms with Crippen LogP contribution in [0.5, 0.6) is 0 Å². The van der Waals surface area contributed by atoms with Crippen LogP contribution in [0.4, 0.5) is 0 Å². The zero-order chi connectivity index (χ0) is 13.5. The molecule has 0 aliphatic heterocycles. The summed E-state index contributed by atoms with van der Waals surface area (Å²) in [6.45, 7) is 0. The SMILES string of the molecule is CNC1=CC(=O)c2c(cccc2S(N)(=O)=O)C1=O. The van der Waals surface area contributed by atoms with Crippen molar-refractivity contribution in [1.29, 1.82) is 0 Å². The molecule has 2 rings (SSSR count). The van der Waals surface area contributed by atoms with Crippen LogP contribution in [-0.2, 0) is 10.0 Å². The third-order valence-corrected chi connectivity index (χ3v) is 3.57. The van der Waals surface area contributed by atoms with Gasteiger partial charge in [-0.3, -0.25) is 9.59 Å². The summed E-state index contributed by atoms with van der Waals surface area (Å²) in [6, 6.07) is 3.98. The first-order chi connectivity index (χ1) is 8.36. The molecular formula is C11H10N2O4S. The smallest absolute Gasteiger partial charge is 0.238 e. The van der Waals surface area contributed by atoms with Gasteiger partial charge in [0.15, 0.2) is 5.78 Å². The molecule has 94 valence electrons. The van der Waals surface area contributed by atoms with Crippen LogP contribution in [0.3, 0.4) is 0 Å². The number of Topliss-reactive ketones (excluding diaryl/α,β-unsaturated/α-hetero) is 1. The van der Waals surface area contributed by atoms with Crippen LogP contribution >= 0.6 is 0 Å². The Morgan fingerprint density at radius 2 is 1.89 bits per heavy atom. The molecule has 0 radical (unpaired) electrons. The molecule has 0 atom stereocenters. The molecule has 6 nitrogen and oxygen atoms in total. The van der Waals surface area contributed by atoms with Gasteiger partial charge in [-0.1, -0.05) is 12.1 Å². The lowest BCUT2D eigenvalue weighted by molar-refractivity contribution is 0.0977. The molecular weight excluding hydrogens is 256 g/mol. The standard InChI is InChI=1S/C11H10N2O4S/c1-13-7-5-8(14)10-6(11(7)15)3-2-4-9(10)18(12,16)17/h2-5,13H,1H3,(H2,12,16,17). The van der Waals surface area contributed by atoms with E-state index in [-0.39, 0.29) is 21.7 Å². The zero-order valence-electron chi connectivity index (χ0n) is 9.43. The minimum absolute atomic E-state index is 0.0402. The number of rotatable bonds is 2. The van der Waals surface area contributed by atoms with Crippen LogP contribution in [0.15, 0.2) is 34.9 Å². The topological polar surface area (TPSA) is 106 Å². The number of carbonyl (C=O) groups excluding carboxylic acids is 2. The molecule has 1 aliphatic carbocycles. The van der Waals surface area contributed by atoms with Gasteiger partial charge in [0.25, 0.3) is 0 Å². The predicted octanol–water partition coefficient (Wildman–Crippen LogP) is -0.184. The number of likely N-dealkylation sites (N-methyl/N-ethyl adjacent to an activating group) is 1. The summed E-state index contributed by atoms with van der Waals surface area (Å²) in [7, 11) is -2.54. The highest BCUT2D eigenvalue weighted by molar-refractivity contribution is 7.89. The largest absolute Gasteiger partial charge is 0.385 e. The number of ketones is 2. The lowest BCUT2D eigenvalue weighted by atomic mass is 9.93. The van der Waals surface area contributed by atoms with Crippen LogP contribution in [0.2, 0.25) is 0 Å². The predicted molar refractivity (Wildman–Crippen MR) is 63.6 cm³/mol. The Kier molecular flexibility index (Phi) is 2.80. The Bertz CT molecular complexity index is 689. The maximum Gasteiger partial charge on any atom is 0.238 e. The van der Waals surface area contributed by atoms with Crippen molar-refractivity contribution >= 4 is 21.6 Å². The number of sulfonamides is 1. The Morgan fingerprint density at radius 3 is 2.44 bits per heavy atom. The molecule has 1 aromatic carbocycles. The minimum Gasteiger partial charge on any atom is -0.385 e. The van der Waals surface area contributed by atoms with E-state index in [1.54, 1.807) is 0 Å². The number of benzene rings is 1. The van der Waals surface area contributed by atoms with Crippen molar-refractivity contribution in [1.82, 2.24) is 5.32 Å². The van der Waals surface area contributed by atoms with E-state index in [4.69, 9.17) is 5.14 Å². The summed E-state index contributed by atoms with van der Waals surface area (Å²) >= 11 is 0. The number of carbonyl (C=O) groups is 2. The zero-order valence-corrected chi connectivity index (χ0v) is 10.2. The number of hydrogen-bond donors (Lipinski definition) is 2. The maximum absolute atomic E-state index is 12.0. The van der Waals surface area contributed by atoms with E-state index in [1.165, 1.54) is 25.2 Å². The van der Waals surface area contributed by atoms with Crippen LogP contribution in [0, 0.1) is 0 Å². The Labute approximate surface area is 104 Å². The molecule has 3 N–H and O–H groups in total. The highest BCUT2D eigenvalue weighted by Gasteiger charge is 2.30. The highest BCUT2D eigenvalue weighted by Crippen LogP contribution is 2.25. The van der Waals surface area contributed by atoms with E-state index in [2.05, 4.69) is 5.32 Å². The first kappa shape index (κ1) is 12.5. The second-order valence-electron chi connectivity index (χ2n) is 3.73. The molecule has 0 aromatic heterocycles. The molecule has 0 fully saturated rings. The van der Waals surface area contributed by atoms with E-state index in [9.17, 15) is 18.0 Å². The lowest BCUT2D eigenvalue weighted by Crippen LogP contribution is -2.27. The fourth-order valence-corrected chi connectivity index (χ4v) is 2.57. The lowest BCUT2D eigenvalue weighted by Gasteiger charge is -2.16. The maximum atomic E-state index is 12.0. The van der Waals surface area contributed by atoms with Crippen molar-refractivity contribution in [3.63, 3.8) is 0 Å². The van der Waals surface area contributed by atoms with Crippen molar-refractivity contribution in [2.75, 3.05) is 7.05 Å². The number of allylic oxidation sites excluding steroid dienone is 2. The molecule has 0 saturated carbocycles. The Morgan fingerprint density at radius 1 is 1.22 bits per heavy atom. The van der Waals surface area contributed by atoms with Gasteiger partial charge in [0.2, 0.25) is 15.8 Å². The van der Waals surface area contributed by atoms with E-state index >= 15 is 0 Å². The monoisotopic (exact) mass is 266 g/mol. The van der Waals surface area contributed by atoms with Gasteiger partial charge in [-0.25, -0.2) is 13.6 Å². The quantitative estimate of drug-likeness (QED) is 0.772. The van der Waals surface area contributed by atoms with Gasteiger partial charge in [0.05, 0.1) is 16.2 Å². The summed E-state index contributed by atoms with van der Waals surface area (Å²) < 4.78 is 22.8. The average Bonchev–Trinajstić information content (AvgIpc) is 2.31. The fraction of sp³-hybridized carbons (Fsp3) is 0.0909. The van der Waals surface area contributed by atoms with Gasteiger partial charge < -0.3 is 5.32 Å². The normalized spacial score (nSPS) is 15.1. The van der Waals surface area contributed by atoms with Gasteiger partial charge in [-0.2, -0.15) is 0 Å². The van der Waals surface area contributed by atoms with Crippen molar-refractivity contribution in [2.24, 2.45) is 5.14 Å². The van der Waals surface area contributed by atoms with Crippen molar-refractivity contribution in [2.45, 2.75) is 4.90 Å². The molecule has 1 aromatic rings. The highest BCUT2D eigenvalue weighted by atomic mass is 32.2. The Balaban J connectivity index is 2.78.